The quantitative estimate of drug-likeness (QED) is 0.0964. The highest BCUT2D eigenvalue weighted by atomic mass is 19.4. The molecular weight excluding hydrogens is 600 g/mol. The Hall–Kier alpha value is -3.35. The van der Waals surface area contributed by atoms with Crippen LogP contribution in [-0.2, 0) is 30.3 Å². The molecule has 43 heavy (non-hydrogen) atoms. The molecule has 1 heterocycles. The molecule has 1 aromatic rings. The summed E-state index contributed by atoms with van der Waals surface area (Å²) >= 11 is 0. The normalized spacial score (nSPS) is 13.9. The molecule has 19 heteroatoms. The fourth-order valence-electron chi connectivity index (χ4n) is 2.98. The number of hydrogen-bond donors (Lipinski definition) is 4. The minimum Gasteiger partial charge on any atom is -0.491 e. The van der Waals surface area contributed by atoms with Gasteiger partial charge in [-0.25, -0.2) is 9.59 Å². The van der Waals surface area contributed by atoms with Crippen LogP contribution in [0.25, 0.3) is 0 Å². The van der Waals surface area contributed by atoms with E-state index in [1.807, 2.05) is 12.1 Å². The Morgan fingerprint density at radius 1 is 0.860 bits per heavy atom. The third kappa shape index (κ3) is 22.9. The fourth-order valence-corrected chi connectivity index (χ4v) is 2.98. The summed E-state index contributed by atoms with van der Waals surface area (Å²) < 4.78 is 85.3. The topological polar surface area (TPSA) is 191 Å². The maximum absolute atomic E-state index is 10.6. The Kier molecular flexibility index (Phi) is 20.5. The van der Waals surface area contributed by atoms with Crippen molar-refractivity contribution in [3.8, 4) is 5.75 Å². The van der Waals surface area contributed by atoms with E-state index >= 15 is 0 Å². The van der Waals surface area contributed by atoms with E-state index in [1.165, 1.54) is 5.56 Å². The molecule has 1 fully saturated rings. The number of piperidine rings is 1. The van der Waals surface area contributed by atoms with Crippen molar-refractivity contribution in [1.82, 2.24) is 9.81 Å². The first-order valence-electron chi connectivity index (χ1n) is 12.7. The van der Waals surface area contributed by atoms with E-state index in [-0.39, 0.29) is 0 Å². The van der Waals surface area contributed by atoms with Crippen molar-refractivity contribution in [2.75, 3.05) is 65.9 Å². The van der Waals surface area contributed by atoms with E-state index in [1.54, 1.807) is 0 Å². The average molecular weight is 637 g/mol. The molecule has 1 aliphatic rings. The lowest BCUT2D eigenvalue weighted by Gasteiger charge is -2.30. The lowest BCUT2D eigenvalue weighted by Crippen LogP contribution is -2.39. The molecular formula is C24H36F6N5O8+. The maximum atomic E-state index is 10.6. The third-order valence-electron chi connectivity index (χ3n) is 5.09. The van der Waals surface area contributed by atoms with Gasteiger partial charge in [0.1, 0.15) is 29.5 Å². The van der Waals surface area contributed by atoms with Gasteiger partial charge in [0, 0.05) is 12.6 Å². The van der Waals surface area contributed by atoms with E-state index in [4.69, 9.17) is 50.0 Å². The summed E-state index contributed by atoms with van der Waals surface area (Å²) in [7, 11) is 0. The maximum Gasteiger partial charge on any atom is 0.490 e. The molecule has 0 spiro atoms. The molecule has 0 atom stereocenters. The van der Waals surface area contributed by atoms with Crippen LogP contribution in [0, 0.1) is 5.53 Å². The van der Waals surface area contributed by atoms with E-state index in [2.05, 4.69) is 27.1 Å². The molecule has 0 unspecified atom stereocenters. The largest absolute Gasteiger partial charge is 0.491 e. The van der Waals surface area contributed by atoms with Gasteiger partial charge < -0.3 is 34.9 Å². The molecule has 0 bridgehead atoms. The van der Waals surface area contributed by atoms with Crippen LogP contribution in [-0.4, -0.2) is 111 Å². The van der Waals surface area contributed by atoms with Gasteiger partial charge in [0.05, 0.1) is 39.6 Å². The Morgan fingerprint density at radius 2 is 1.28 bits per heavy atom. The number of ether oxygens (including phenoxy) is 4. The summed E-state index contributed by atoms with van der Waals surface area (Å²) in [6.07, 6.45) is -8.00. The number of carbonyl (C=O) groups is 2. The second-order valence-electron chi connectivity index (χ2n) is 8.51. The number of halogens is 6. The molecule has 5 N–H and O–H groups in total. The minimum atomic E-state index is -5.08. The van der Waals surface area contributed by atoms with E-state index in [9.17, 15) is 26.3 Å². The second kappa shape index (κ2) is 22.2. The number of benzene rings is 1. The van der Waals surface area contributed by atoms with Crippen molar-refractivity contribution in [1.29, 1.82) is 5.53 Å². The zero-order chi connectivity index (χ0) is 32.7. The second-order valence-corrected chi connectivity index (χ2v) is 8.51. The highest BCUT2D eigenvalue weighted by Crippen LogP contribution is 2.16. The molecule has 1 saturated heterocycles. The summed E-state index contributed by atoms with van der Waals surface area (Å²) in [6, 6.07) is 8.64. The van der Waals surface area contributed by atoms with Crippen LogP contribution in [0.4, 0.5) is 26.3 Å². The van der Waals surface area contributed by atoms with Crippen LogP contribution in [0.15, 0.2) is 29.4 Å². The standard InChI is InChI=1S/C20H34N5O4.2C2HF3O2/c21-19-5-8-25(9-6-19)17-18-1-3-20(4-2-18)29-16-15-28-14-13-27-12-11-26-10-7-23-24-22;2*3-2(4,5)1(6)7/h1-4,19,22H,5-17,21H2;2*(H,6,7)/q+1;;. The molecule has 0 saturated carbocycles. The first-order chi connectivity index (χ1) is 20.2. The predicted octanol–water partition coefficient (Wildman–Crippen LogP) is 2.86. The summed E-state index contributed by atoms with van der Waals surface area (Å²) in [5.74, 6) is -4.66. The number of carboxylic acid groups (broad SMARTS) is 2. The van der Waals surface area contributed by atoms with Gasteiger partial charge in [0.2, 0.25) is 4.91 Å². The highest BCUT2D eigenvalue weighted by molar-refractivity contribution is 5.73. The van der Waals surface area contributed by atoms with Crippen LogP contribution in [0.5, 0.6) is 5.75 Å². The van der Waals surface area contributed by atoms with Gasteiger partial charge in [-0.05, 0) is 43.6 Å². The van der Waals surface area contributed by atoms with E-state index in [0.29, 0.717) is 58.8 Å². The summed E-state index contributed by atoms with van der Waals surface area (Å²) in [5, 5.41) is 17.7. The van der Waals surface area contributed by atoms with E-state index < -0.39 is 24.3 Å². The van der Waals surface area contributed by atoms with Crippen molar-refractivity contribution in [3.05, 3.63) is 29.8 Å². The number of nitrogens with zero attached hydrogens (tertiary/aromatic N) is 3. The van der Waals surface area contributed by atoms with E-state index in [0.717, 1.165) is 38.2 Å². The molecule has 0 aliphatic carbocycles. The average Bonchev–Trinajstić information content (AvgIpc) is 2.93. The molecule has 2 rings (SSSR count). The first-order valence-corrected chi connectivity index (χ1v) is 12.7. The smallest absolute Gasteiger partial charge is 0.490 e. The molecule has 13 nitrogen and oxygen atoms in total. The highest BCUT2D eigenvalue weighted by Gasteiger charge is 2.38. The number of aliphatic carboxylic acids is 2. The SMILES string of the molecule is N=[N+]=NCCOCCOCCOCCOc1ccc(CN2CCC(N)CC2)cc1.O=C(O)C(F)(F)F.O=C(O)C(F)(F)F. The van der Waals surface area contributed by atoms with Crippen molar-refractivity contribution in [2.45, 2.75) is 37.8 Å². The van der Waals surface area contributed by atoms with Gasteiger partial charge >= 0.3 is 24.3 Å². The molecule has 1 aromatic carbocycles. The summed E-state index contributed by atoms with van der Waals surface area (Å²) in [4.78, 5) is 23.1. The van der Waals surface area contributed by atoms with Gasteiger partial charge in [0.25, 0.3) is 0 Å². The van der Waals surface area contributed by atoms with Crippen LogP contribution in [0.1, 0.15) is 18.4 Å². The summed E-state index contributed by atoms with van der Waals surface area (Å²) in [6.45, 7) is 7.06. The van der Waals surface area contributed by atoms with Gasteiger partial charge in [0.15, 0.2) is 0 Å². The molecule has 246 valence electrons. The lowest BCUT2D eigenvalue weighted by atomic mass is 10.1. The monoisotopic (exact) mass is 636 g/mol. The number of likely N-dealkylation sites (tertiary alicyclic amines) is 1. The Morgan fingerprint density at radius 3 is 1.70 bits per heavy atom. The van der Waals surface area contributed by atoms with Crippen LogP contribution in [0.3, 0.4) is 0 Å². The first kappa shape index (κ1) is 39.6. The molecule has 0 radical (unpaired) electrons. The Bertz CT molecular complexity index is 931. The zero-order valence-electron chi connectivity index (χ0n) is 23.1. The van der Waals surface area contributed by atoms with Gasteiger partial charge in [-0.1, -0.05) is 12.1 Å². The van der Waals surface area contributed by atoms with Crippen molar-refractivity contribution >= 4 is 11.9 Å². The van der Waals surface area contributed by atoms with Gasteiger partial charge in [-0.2, -0.15) is 26.3 Å². The number of rotatable bonds is 15. The Balaban J connectivity index is 0.00000104. The number of alkyl halides is 6. The van der Waals surface area contributed by atoms with Crippen LogP contribution >= 0.6 is 0 Å². The lowest BCUT2D eigenvalue weighted by molar-refractivity contribution is -0.193. The van der Waals surface area contributed by atoms with Crippen molar-refractivity contribution < 1.29 is 65.1 Å². The number of hydrogen-bond acceptors (Lipinski definition) is 10. The third-order valence-corrected chi connectivity index (χ3v) is 5.09. The van der Waals surface area contributed by atoms with Crippen LogP contribution < -0.4 is 15.4 Å². The molecule has 0 amide bonds. The number of nitrogens with one attached hydrogen (secondary N) is 1. The van der Waals surface area contributed by atoms with Crippen molar-refractivity contribution in [2.24, 2.45) is 10.8 Å². The minimum absolute atomic E-state index is 0.369. The predicted molar refractivity (Wildman–Crippen MR) is 136 cm³/mol. The van der Waals surface area contributed by atoms with Crippen LogP contribution in [0.2, 0.25) is 0 Å². The van der Waals surface area contributed by atoms with Gasteiger partial charge in [-0.3, -0.25) is 4.90 Å². The fraction of sp³-hybridized carbons (Fsp3) is 0.667. The molecule has 1 aliphatic heterocycles. The van der Waals surface area contributed by atoms with Gasteiger partial charge in [-0.15, -0.1) is 0 Å². The Labute approximate surface area is 243 Å². The zero-order valence-corrected chi connectivity index (χ0v) is 23.1. The molecule has 0 aromatic heterocycles. The van der Waals surface area contributed by atoms with Crippen molar-refractivity contribution in [3.63, 3.8) is 0 Å². The summed E-state index contributed by atoms with van der Waals surface area (Å²) in [5.41, 5.74) is 13.8. The number of carboxylic acids is 2. The number of nitrogens with two attached hydrogens (primary N) is 1.